The molecule has 2 aromatic rings. The van der Waals surface area contributed by atoms with Crippen LogP contribution in [-0.4, -0.2) is 60.0 Å². The topological polar surface area (TPSA) is 161 Å². The Bertz CT molecular complexity index is 1020. The summed E-state index contributed by atoms with van der Waals surface area (Å²) in [6.45, 7) is 1.17. The number of β-amino-alcohol motifs (C(OH)–C–C–N with tert-alkyl or cyclic N) is 1. The molecule has 1 aromatic heterocycles. The van der Waals surface area contributed by atoms with Crippen molar-refractivity contribution < 1.29 is 33.3 Å². The zero-order chi connectivity index (χ0) is 20.8. The van der Waals surface area contributed by atoms with Crippen LogP contribution in [0.5, 0.6) is 0 Å². The van der Waals surface area contributed by atoms with Gasteiger partial charge in [0.2, 0.25) is 0 Å². The lowest BCUT2D eigenvalue weighted by molar-refractivity contribution is -0.167. The molecule has 2 fully saturated rings. The molecule has 0 bridgehead atoms. The predicted molar refractivity (Wildman–Crippen MR) is 102 cm³/mol. The summed E-state index contributed by atoms with van der Waals surface area (Å²) in [6.07, 6.45) is -0.443. The molecule has 7 N–H and O–H groups in total. The normalized spacial score (nSPS) is 26.9. The summed E-state index contributed by atoms with van der Waals surface area (Å²) in [5.41, 5.74) is 1.96. The van der Waals surface area contributed by atoms with Crippen LogP contribution in [0.4, 0.5) is 0 Å². The first-order chi connectivity index (χ1) is 13.8. The Labute approximate surface area is 167 Å². The van der Waals surface area contributed by atoms with Gasteiger partial charge < -0.3 is 25.6 Å². The van der Waals surface area contributed by atoms with E-state index in [1.54, 1.807) is 30.3 Å². The van der Waals surface area contributed by atoms with Gasteiger partial charge >= 0.3 is 10.2 Å². The number of rotatable bonds is 5. The fraction of sp³-hybridized carbons (Fsp3) is 0.389. The number of benzene rings is 1. The van der Waals surface area contributed by atoms with E-state index in [4.69, 9.17) is 4.74 Å². The van der Waals surface area contributed by atoms with Gasteiger partial charge in [0.05, 0.1) is 17.8 Å². The van der Waals surface area contributed by atoms with Crippen LogP contribution in [-0.2, 0) is 14.9 Å². The van der Waals surface area contributed by atoms with Crippen LogP contribution in [0.1, 0.15) is 28.6 Å². The van der Waals surface area contributed by atoms with Crippen molar-refractivity contribution in [3.8, 4) is 11.1 Å². The molecular weight excluding hydrogens is 400 g/mol. The van der Waals surface area contributed by atoms with E-state index in [-0.39, 0.29) is 11.9 Å². The van der Waals surface area contributed by atoms with Gasteiger partial charge in [0.25, 0.3) is 5.91 Å². The van der Waals surface area contributed by atoms with E-state index < -0.39 is 28.7 Å². The Kier molecular flexibility index (Phi) is 5.19. The zero-order valence-electron chi connectivity index (χ0n) is 15.5. The van der Waals surface area contributed by atoms with Crippen molar-refractivity contribution in [2.24, 2.45) is 0 Å². The second-order valence-electron chi connectivity index (χ2n) is 7.19. The summed E-state index contributed by atoms with van der Waals surface area (Å²) in [5, 5.41) is 28.7. The number of aliphatic hydroxyl groups is 2. The number of aliphatic hydroxyl groups excluding tert-OH is 2. The number of ether oxygens (including phenoxy) is 1. The molecular formula is C18H23N4O6S+. The average molecular weight is 423 g/mol. The molecule has 10 nitrogen and oxygen atoms in total. The Morgan fingerprint density at radius 1 is 1.24 bits per heavy atom. The molecule has 0 aliphatic carbocycles. The van der Waals surface area contributed by atoms with Gasteiger partial charge in [0.15, 0.2) is 12.4 Å². The van der Waals surface area contributed by atoms with Crippen molar-refractivity contribution in [1.82, 2.24) is 14.6 Å². The predicted octanol–water partition coefficient (Wildman–Crippen LogP) is -1.67. The van der Waals surface area contributed by atoms with Crippen molar-refractivity contribution in [3.63, 3.8) is 0 Å². The van der Waals surface area contributed by atoms with Crippen LogP contribution in [0.2, 0.25) is 0 Å². The number of aromatic nitrogens is 1. The molecule has 0 saturated carbocycles. The van der Waals surface area contributed by atoms with E-state index >= 15 is 0 Å². The van der Waals surface area contributed by atoms with Gasteiger partial charge in [0, 0.05) is 23.9 Å². The minimum absolute atomic E-state index is 0.290. The van der Waals surface area contributed by atoms with E-state index in [0.717, 1.165) is 10.5 Å². The lowest BCUT2D eigenvalue weighted by atomic mass is 10.0. The number of piperidine rings is 1. The lowest BCUT2D eigenvalue weighted by Gasteiger charge is -2.29. The van der Waals surface area contributed by atoms with Crippen LogP contribution in [0.25, 0.3) is 11.1 Å². The third kappa shape index (κ3) is 4.06. The third-order valence-electron chi connectivity index (χ3n) is 5.15. The number of nitrogens with zero attached hydrogens (tertiary/aromatic N) is 1. The first kappa shape index (κ1) is 20.0. The SMILES string of the molecule is [NH3+]S(=O)(=O)n1ccc(-c2ccc(C(=O)NC3CCNCC3O)cc2)c1C1OC1O. The number of nitrogens with one attached hydrogen (secondary N) is 2. The summed E-state index contributed by atoms with van der Waals surface area (Å²) >= 11 is 0. The molecule has 4 unspecified atom stereocenters. The van der Waals surface area contributed by atoms with Gasteiger partial charge in [-0.1, -0.05) is 12.1 Å². The Balaban J connectivity index is 1.57. The van der Waals surface area contributed by atoms with E-state index in [1.807, 2.05) is 0 Å². The summed E-state index contributed by atoms with van der Waals surface area (Å²) in [7, 11) is -3.81. The molecule has 0 spiro atoms. The van der Waals surface area contributed by atoms with Crippen LogP contribution < -0.4 is 15.8 Å². The Hall–Kier alpha value is -2.28. The summed E-state index contributed by atoms with van der Waals surface area (Å²) < 4.78 is 29.9. The highest BCUT2D eigenvalue weighted by molar-refractivity contribution is 7.82. The minimum Gasteiger partial charge on any atom is -0.390 e. The van der Waals surface area contributed by atoms with Crippen LogP contribution in [0, 0.1) is 0 Å². The molecule has 2 saturated heterocycles. The molecule has 2 aliphatic heterocycles. The summed E-state index contributed by atoms with van der Waals surface area (Å²) in [6, 6.07) is 7.94. The van der Waals surface area contributed by atoms with Gasteiger partial charge in [0.1, 0.15) is 0 Å². The Morgan fingerprint density at radius 3 is 2.52 bits per heavy atom. The van der Waals surface area contributed by atoms with E-state index in [9.17, 15) is 23.4 Å². The van der Waals surface area contributed by atoms with Crippen LogP contribution >= 0.6 is 0 Å². The van der Waals surface area contributed by atoms with Gasteiger partial charge in [-0.25, -0.2) is 9.11 Å². The second kappa shape index (κ2) is 7.52. The number of epoxide rings is 1. The maximum Gasteiger partial charge on any atom is 0.395 e. The number of hydrogen-bond donors (Lipinski definition) is 5. The molecule has 0 radical (unpaired) electrons. The summed E-state index contributed by atoms with van der Waals surface area (Å²) in [5.74, 6) is -0.290. The molecule has 4 rings (SSSR count). The lowest BCUT2D eigenvalue weighted by Crippen LogP contribution is -2.59. The van der Waals surface area contributed by atoms with Crippen molar-refractivity contribution in [2.45, 2.75) is 31.0 Å². The molecule has 1 aromatic carbocycles. The van der Waals surface area contributed by atoms with Crippen molar-refractivity contribution in [2.75, 3.05) is 13.1 Å². The standard InChI is InChI=1S/C18H22N4O6S/c19-29(26,27)22-8-6-12(15(22)16-18(25)28-16)10-1-3-11(4-2-10)17(24)21-13-5-7-20-9-14(13)23/h1-4,6,8,13-14,16,18,20,23,25H,5,7,9H2,(H,21,24)(H2,19,26,27)/p+1. The number of carbonyl (C=O) groups excluding carboxylic acids is 1. The van der Waals surface area contributed by atoms with Gasteiger partial charge in [-0.15, -0.1) is 0 Å². The molecule has 4 atom stereocenters. The maximum atomic E-state index is 12.5. The highest BCUT2D eigenvalue weighted by atomic mass is 32.2. The average Bonchev–Trinajstić information content (AvgIpc) is 3.22. The van der Waals surface area contributed by atoms with Gasteiger partial charge in [-0.2, -0.15) is 8.42 Å². The van der Waals surface area contributed by atoms with E-state index in [0.29, 0.717) is 35.3 Å². The fourth-order valence-corrected chi connectivity index (χ4v) is 4.31. The fourth-order valence-electron chi connectivity index (χ4n) is 3.56. The van der Waals surface area contributed by atoms with Gasteiger partial charge in [-0.05, 0) is 36.7 Å². The van der Waals surface area contributed by atoms with Crippen LogP contribution in [0.15, 0.2) is 36.5 Å². The quantitative estimate of drug-likeness (QED) is 0.359. The largest absolute Gasteiger partial charge is 0.395 e. The molecule has 11 heteroatoms. The maximum absolute atomic E-state index is 12.5. The first-order valence-electron chi connectivity index (χ1n) is 9.19. The van der Waals surface area contributed by atoms with Crippen molar-refractivity contribution in [3.05, 3.63) is 47.8 Å². The van der Waals surface area contributed by atoms with Crippen molar-refractivity contribution >= 4 is 16.1 Å². The molecule has 1 amide bonds. The third-order valence-corrected chi connectivity index (χ3v) is 6.07. The highest BCUT2D eigenvalue weighted by Gasteiger charge is 2.44. The van der Waals surface area contributed by atoms with Gasteiger partial charge in [-0.3, -0.25) is 4.79 Å². The monoisotopic (exact) mass is 423 g/mol. The highest BCUT2D eigenvalue weighted by Crippen LogP contribution is 2.42. The number of carbonyl (C=O) groups is 1. The van der Waals surface area contributed by atoms with E-state index in [1.165, 1.54) is 6.20 Å². The molecule has 29 heavy (non-hydrogen) atoms. The second-order valence-corrected chi connectivity index (χ2v) is 8.74. The first-order valence-corrected chi connectivity index (χ1v) is 10.8. The smallest absolute Gasteiger partial charge is 0.390 e. The van der Waals surface area contributed by atoms with Crippen LogP contribution in [0.3, 0.4) is 0 Å². The summed E-state index contributed by atoms with van der Waals surface area (Å²) in [4.78, 5) is 12.5. The number of quaternary nitrogens is 1. The zero-order valence-corrected chi connectivity index (χ0v) is 16.3. The molecule has 156 valence electrons. The number of hydrogen-bond acceptors (Lipinski definition) is 7. The minimum atomic E-state index is -3.81. The van der Waals surface area contributed by atoms with Crippen molar-refractivity contribution in [1.29, 1.82) is 0 Å². The number of amides is 1. The Morgan fingerprint density at radius 2 is 1.93 bits per heavy atom. The molecule has 2 aliphatic rings. The molecule has 3 heterocycles. The van der Waals surface area contributed by atoms with E-state index in [2.05, 4.69) is 15.8 Å².